The number of rotatable bonds is 1. The van der Waals surface area contributed by atoms with Gasteiger partial charge in [0.2, 0.25) is 0 Å². The van der Waals surface area contributed by atoms with Crippen LogP contribution in [0.25, 0.3) is 0 Å². The summed E-state index contributed by atoms with van der Waals surface area (Å²) in [5, 5.41) is -0.0411. The highest BCUT2D eigenvalue weighted by molar-refractivity contribution is 7.80. The molecule has 0 N–H and O–H groups in total. The second-order valence-corrected chi connectivity index (χ2v) is 2.71. The van der Waals surface area contributed by atoms with E-state index in [2.05, 4.69) is 22.6 Å². The number of nitrogens with zero attached hydrogens (tertiary/aromatic N) is 2. The molecule has 1 rings (SSSR count). The fourth-order valence-electron chi connectivity index (χ4n) is 0.538. The Hall–Kier alpha value is -0.640. The van der Waals surface area contributed by atoms with Gasteiger partial charge in [0.1, 0.15) is 5.82 Å². The Bertz CT molecular complexity index is 209. The summed E-state index contributed by atoms with van der Waals surface area (Å²) in [7, 11) is 0. The first kappa shape index (κ1) is 7.47. The monoisotopic (exact) mass is 158 g/mol. The van der Waals surface area contributed by atoms with E-state index in [-0.39, 0.29) is 5.25 Å². The molecule has 0 unspecified atom stereocenters. The van der Waals surface area contributed by atoms with Crippen LogP contribution in [0.5, 0.6) is 0 Å². The fraction of sp³-hybridized carbons (Fsp3) is 0.333. The largest absolute Gasteiger partial charge is 0.237 e. The predicted octanol–water partition coefficient (Wildman–Crippen LogP) is 1.61. The zero-order valence-electron chi connectivity index (χ0n) is 5.45. The lowest BCUT2D eigenvalue weighted by molar-refractivity contribution is 0.608. The number of aromatic nitrogens is 2. The molecule has 10 heavy (non-hydrogen) atoms. The van der Waals surface area contributed by atoms with Crippen molar-refractivity contribution in [1.29, 1.82) is 0 Å². The maximum atomic E-state index is 12.2. The van der Waals surface area contributed by atoms with Gasteiger partial charge in [-0.2, -0.15) is 12.6 Å². The summed E-state index contributed by atoms with van der Waals surface area (Å²) in [6.45, 7) is 1.83. The molecule has 0 saturated carbocycles. The van der Waals surface area contributed by atoms with E-state index >= 15 is 0 Å². The van der Waals surface area contributed by atoms with Gasteiger partial charge in [-0.25, -0.2) is 14.4 Å². The molecule has 54 valence electrons. The van der Waals surface area contributed by atoms with Crippen molar-refractivity contribution in [3.05, 3.63) is 24.0 Å². The summed E-state index contributed by atoms with van der Waals surface area (Å²) in [5.41, 5.74) is 0. The third-order valence-electron chi connectivity index (χ3n) is 1.01. The molecule has 0 amide bonds. The molecule has 2 nitrogen and oxygen atoms in total. The van der Waals surface area contributed by atoms with Crippen LogP contribution in [0, 0.1) is 5.82 Å². The van der Waals surface area contributed by atoms with E-state index in [1.807, 2.05) is 6.92 Å². The average Bonchev–Trinajstić information content (AvgIpc) is 1.88. The molecule has 0 fully saturated rings. The van der Waals surface area contributed by atoms with Gasteiger partial charge in [-0.3, -0.25) is 0 Å². The normalized spacial score (nSPS) is 13.1. The van der Waals surface area contributed by atoms with Gasteiger partial charge in [0.05, 0.1) is 17.6 Å². The summed E-state index contributed by atoms with van der Waals surface area (Å²) < 4.78 is 12.2. The van der Waals surface area contributed by atoms with Crippen molar-refractivity contribution >= 4 is 12.6 Å². The molecule has 0 radical (unpaired) electrons. The van der Waals surface area contributed by atoms with Crippen molar-refractivity contribution in [3.8, 4) is 0 Å². The SMILES string of the molecule is C[C@H](S)c1ncc(F)cn1. The summed E-state index contributed by atoms with van der Waals surface area (Å²) in [5.74, 6) is 0.127. The lowest BCUT2D eigenvalue weighted by Gasteiger charge is -1.99. The predicted molar refractivity (Wildman–Crippen MR) is 39.4 cm³/mol. The zero-order valence-corrected chi connectivity index (χ0v) is 6.35. The Labute approximate surface area is 63.9 Å². The van der Waals surface area contributed by atoms with Gasteiger partial charge in [0, 0.05) is 0 Å². The Morgan fingerprint density at radius 3 is 2.40 bits per heavy atom. The van der Waals surface area contributed by atoms with E-state index in [4.69, 9.17) is 0 Å². The Kier molecular flexibility index (Phi) is 2.21. The molecule has 0 bridgehead atoms. The molecule has 0 aliphatic heterocycles. The van der Waals surface area contributed by atoms with Crippen LogP contribution < -0.4 is 0 Å². The van der Waals surface area contributed by atoms with Gasteiger partial charge < -0.3 is 0 Å². The van der Waals surface area contributed by atoms with Crippen molar-refractivity contribution in [2.24, 2.45) is 0 Å². The maximum absolute atomic E-state index is 12.2. The highest BCUT2D eigenvalue weighted by Gasteiger charge is 2.01. The molecular weight excluding hydrogens is 151 g/mol. The summed E-state index contributed by atoms with van der Waals surface area (Å²) in [6.07, 6.45) is 2.27. The van der Waals surface area contributed by atoms with Crippen LogP contribution >= 0.6 is 12.6 Å². The Balaban J connectivity index is 2.89. The first-order valence-corrected chi connectivity index (χ1v) is 3.37. The van der Waals surface area contributed by atoms with Gasteiger partial charge in [-0.05, 0) is 6.92 Å². The highest BCUT2D eigenvalue weighted by Crippen LogP contribution is 2.12. The van der Waals surface area contributed by atoms with Crippen LogP contribution in [0.3, 0.4) is 0 Å². The van der Waals surface area contributed by atoms with E-state index in [1.54, 1.807) is 0 Å². The lowest BCUT2D eigenvalue weighted by atomic mass is 10.4. The first-order valence-electron chi connectivity index (χ1n) is 2.85. The maximum Gasteiger partial charge on any atom is 0.159 e. The molecule has 0 aromatic carbocycles. The molecule has 1 aromatic rings. The second-order valence-electron chi connectivity index (χ2n) is 1.94. The van der Waals surface area contributed by atoms with Gasteiger partial charge in [-0.15, -0.1) is 0 Å². The third kappa shape index (κ3) is 1.67. The minimum absolute atomic E-state index is 0.0411. The highest BCUT2D eigenvalue weighted by atomic mass is 32.1. The molecule has 0 spiro atoms. The smallest absolute Gasteiger partial charge is 0.159 e. The topological polar surface area (TPSA) is 25.8 Å². The number of hydrogen-bond acceptors (Lipinski definition) is 3. The number of halogens is 1. The van der Waals surface area contributed by atoms with Crippen LogP contribution in [-0.2, 0) is 0 Å². The molecule has 1 heterocycles. The van der Waals surface area contributed by atoms with E-state index < -0.39 is 5.82 Å². The summed E-state index contributed by atoms with van der Waals surface area (Å²) in [4.78, 5) is 7.43. The van der Waals surface area contributed by atoms with Crippen molar-refractivity contribution in [3.63, 3.8) is 0 Å². The van der Waals surface area contributed by atoms with Crippen LogP contribution in [-0.4, -0.2) is 9.97 Å². The van der Waals surface area contributed by atoms with Crippen molar-refractivity contribution in [2.75, 3.05) is 0 Å². The lowest BCUT2D eigenvalue weighted by Crippen LogP contribution is -1.94. The van der Waals surface area contributed by atoms with Crippen molar-refractivity contribution in [1.82, 2.24) is 9.97 Å². The fourth-order valence-corrected chi connectivity index (χ4v) is 0.671. The van der Waals surface area contributed by atoms with E-state index in [9.17, 15) is 4.39 Å². The van der Waals surface area contributed by atoms with Gasteiger partial charge >= 0.3 is 0 Å². The molecule has 0 aliphatic carbocycles. The van der Waals surface area contributed by atoms with E-state index in [0.29, 0.717) is 5.82 Å². The van der Waals surface area contributed by atoms with Crippen LogP contribution in [0.15, 0.2) is 12.4 Å². The molecule has 1 aromatic heterocycles. The Morgan fingerprint density at radius 2 is 2.00 bits per heavy atom. The molecule has 0 aliphatic rings. The van der Waals surface area contributed by atoms with Crippen LogP contribution in [0.2, 0.25) is 0 Å². The summed E-state index contributed by atoms with van der Waals surface area (Å²) in [6, 6.07) is 0. The molecule has 0 saturated heterocycles. The van der Waals surface area contributed by atoms with Gasteiger partial charge in [0.25, 0.3) is 0 Å². The minimum atomic E-state index is -0.419. The first-order chi connectivity index (χ1) is 4.70. The number of hydrogen-bond donors (Lipinski definition) is 1. The minimum Gasteiger partial charge on any atom is -0.237 e. The standard InChI is InChI=1S/C6H7FN2S/c1-4(10)6-8-2-5(7)3-9-6/h2-4,10H,1H3/t4-/m0/s1. The molecule has 4 heteroatoms. The second kappa shape index (κ2) is 2.96. The van der Waals surface area contributed by atoms with E-state index in [1.165, 1.54) is 0 Å². The van der Waals surface area contributed by atoms with E-state index in [0.717, 1.165) is 12.4 Å². The van der Waals surface area contributed by atoms with Crippen molar-refractivity contribution in [2.45, 2.75) is 12.2 Å². The molecule has 1 atom stereocenters. The quantitative estimate of drug-likeness (QED) is 0.628. The van der Waals surface area contributed by atoms with Crippen LogP contribution in [0.1, 0.15) is 18.0 Å². The van der Waals surface area contributed by atoms with Gasteiger partial charge in [-0.1, -0.05) is 0 Å². The van der Waals surface area contributed by atoms with Crippen LogP contribution in [0.4, 0.5) is 4.39 Å². The van der Waals surface area contributed by atoms with Crippen molar-refractivity contribution < 1.29 is 4.39 Å². The van der Waals surface area contributed by atoms with Gasteiger partial charge in [0.15, 0.2) is 5.82 Å². The zero-order chi connectivity index (χ0) is 7.56. The third-order valence-corrected chi connectivity index (χ3v) is 1.24. The number of thiol groups is 1. The Morgan fingerprint density at radius 1 is 1.50 bits per heavy atom. The molecular formula is C6H7FN2S. The average molecular weight is 158 g/mol. The summed E-state index contributed by atoms with van der Waals surface area (Å²) >= 11 is 4.07.